The molecule has 0 bridgehead atoms. The maximum atomic E-state index is 6.12. The van der Waals surface area contributed by atoms with Crippen molar-refractivity contribution in [2.45, 2.75) is 65.0 Å². The van der Waals surface area contributed by atoms with Gasteiger partial charge in [-0.1, -0.05) is 31.9 Å². The average Bonchev–Trinajstić information content (AvgIpc) is 2.45. The van der Waals surface area contributed by atoms with Gasteiger partial charge in [-0.25, -0.2) is 0 Å². The van der Waals surface area contributed by atoms with Gasteiger partial charge in [-0.3, -0.25) is 0 Å². The summed E-state index contributed by atoms with van der Waals surface area (Å²) in [4.78, 5) is 0. The number of aryl methyl sites for hydroxylation is 3. The summed E-state index contributed by atoms with van der Waals surface area (Å²) in [6.07, 6.45) is 4.87. The van der Waals surface area contributed by atoms with E-state index in [9.17, 15) is 0 Å². The lowest BCUT2D eigenvalue weighted by Gasteiger charge is -2.45. The Balaban J connectivity index is 2.44. The van der Waals surface area contributed by atoms with Crippen molar-refractivity contribution in [3.63, 3.8) is 0 Å². The molecule has 1 fully saturated rings. The summed E-state index contributed by atoms with van der Waals surface area (Å²) in [6.45, 7) is 8.97. The first kappa shape index (κ1) is 16.5. The number of nitrogens with one attached hydrogen (secondary N) is 1. The lowest BCUT2D eigenvalue weighted by atomic mass is 9.72. The SMILES string of the molecule is CNC(c1cc(C)c(C)cc1C)C1(OC)CCCC(C)C1. The molecule has 1 aliphatic rings. The molecule has 0 radical (unpaired) electrons. The van der Waals surface area contributed by atoms with Crippen LogP contribution in [-0.4, -0.2) is 19.8 Å². The largest absolute Gasteiger partial charge is 0.376 e. The van der Waals surface area contributed by atoms with Crippen molar-refractivity contribution in [3.8, 4) is 0 Å². The summed E-state index contributed by atoms with van der Waals surface area (Å²) in [5.41, 5.74) is 5.43. The zero-order valence-electron chi connectivity index (χ0n) is 14.5. The monoisotopic (exact) mass is 289 g/mol. The van der Waals surface area contributed by atoms with Gasteiger partial charge >= 0.3 is 0 Å². The van der Waals surface area contributed by atoms with Crippen LogP contribution in [0.1, 0.15) is 60.9 Å². The molecule has 2 heteroatoms. The van der Waals surface area contributed by atoms with Gasteiger partial charge in [0.25, 0.3) is 0 Å². The number of ether oxygens (including phenoxy) is 1. The third kappa shape index (κ3) is 3.17. The van der Waals surface area contributed by atoms with E-state index in [4.69, 9.17) is 4.74 Å². The van der Waals surface area contributed by atoms with Crippen LogP contribution in [0.25, 0.3) is 0 Å². The summed E-state index contributed by atoms with van der Waals surface area (Å²) < 4.78 is 6.12. The Morgan fingerprint density at radius 2 is 1.86 bits per heavy atom. The predicted molar refractivity (Wildman–Crippen MR) is 89.8 cm³/mol. The van der Waals surface area contributed by atoms with Gasteiger partial charge in [-0.15, -0.1) is 0 Å². The fourth-order valence-electron chi connectivity index (χ4n) is 4.10. The number of hydrogen-bond donors (Lipinski definition) is 1. The molecule has 1 N–H and O–H groups in total. The zero-order chi connectivity index (χ0) is 15.6. The molecule has 1 aliphatic carbocycles. The minimum absolute atomic E-state index is 0.0706. The molecule has 0 heterocycles. The first-order valence-electron chi connectivity index (χ1n) is 8.23. The van der Waals surface area contributed by atoms with Crippen LogP contribution in [0.2, 0.25) is 0 Å². The molecule has 1 aromatic rings. The van der Waals surface area contributed by atoms with Crippen LogP contribution in [0.15, 0.2) is 12.1 Å². The highest BCUT2D eigenvalue weighted by atomic mass is 16.5. The van der Waals surface area contributed by atoms with E-state index in [1.807, 2.05) is 7.11 Å². The van der Waals surface area contributed by atoms with Crippen LogP contribution in [0, 0.1) is 26.7 Å². The highest BCUT2D eigenvalue weighted by Gasteiger charge is 2.42. The smallest absolute Gasteiger partial charge is 0.0875 e. The predicted octanol–water partition coefficient (Wildman–Crippen LogP) is 4.47. The molecule has 3 atom stereocenters. The van der Waals surface area contributed by atoms with Gasteiger partial charge in [0.05, 0.1) is 11.6 Å². The topological polar surface area (TPSA) is 21.3 Å². The van der Waals surface area contributed by atoms with Gasteiger partial charge in [0.2, 0.25) is 0 Å². The summed E-state index contributed by atoms with van der Waals surface area (Å²) in [5.74, 6) is 0.737. The Morgan fingerprint density at radius 1 is 1.19 bits per heavy atom. The van der Waals surface area contributed by atoms with Crippen LogP contribution in [-0.2, 0) is 4.74 Å². The van der Waals surface area contributed by atoms with Gasteiger partial charge in [-0.05, 0) is 68.8 Å². The molecular weight excluding hydrogens is 258 g/mol. The summed E-state index contributed by atoms with van der Waals surface area (Å²) in [7, 11) is 3.96. The van der Waals surface area contributed by atoms with Crippen LogP contribution in [0.5, 0.6) is 0 Å². The van der Waals surface area contributed by atoms with Crippen molar-refractivity contribution in [2.75, 3.05) is 14.2 Å². The van der Waals surface area contributed by atoms with Crippen molar-refractivity contribution in [1.29, 1.82) is 0 Å². The fraction of sp³-hybridized carbons (Fsp3) is 0.684. The van der Waals surface area contributed by atoms with Crippen molar-refractivity contribution >= 4 is 0 Å². The van der Waals surface area contributed by atoms with Gasteiger partial charge in [-0.2, -0.15) is 0 Å². The van der Waals surface area contributed by atoms with Gasteiger partial charge in [0.15, 0.2) is 0 Å². The van der Waals surface area contributed by atoms with Crippen LogP contribution in [0.3, 0.4) is 0 Å². The van der Waals surface area contributed by atoms with Crippen molar-refractivity contribution in [3.05, 3.63) is 34.4 Å². The summed E-state index contributed by atoms with van der Waals surface area (Å²) in [6, 6.07) is 4.93. The molecule has 1 saturated carbocycles. The molecule has 3 unspecified atom stereocenters. The first-order valence-corrected chi connectivity index (χ1v) is 8.23. The number of methoxy groups -OCH3 is 1. The second kappa shape index (κ2) is 6.50. The molecule has 2 rings (SSSR count). The molecule has 0 aliphatic heterocycles. The Kier molecular flexibility index (Phi) is 5.11. The number of benzene rings is 1. The van der Waals surface area contributed by atoms with Crippen molar-refractivity contribution in [1.82, 2.24) is 5.32 Å². The Hall–Kier alpha value is -0.860. The molecule has 0 saturated heterocycles. The van der Waals surface area contributed by atoms with E-state index in [0.717, 1.165) is 18.8 Å². The molecule has 2 nitrogen and oxygen atoms in total. The Morgan fingerprint density at radius 3 is 2.43 bits per heavy atom. The molecule has 21 heavy (non-hydrogen) atoms. The third-order valence-electron chi connectivity index (χ3n) is 5.41. The molecule has 0 spiro atoms. The fourth-order valence-corrected chi connectivity index (χ4v) is 4.10. The van der Waals surface area contributed by atoms with Crippen molar-refractivity contribution < 1.29 is 4.74 Å². The maximum Gasteiger partial charge on any atom is 0.0875 e. The van der Waals surface area contributed by atoms with Crippen LogP contribution >= 0.6 is 0 Å². The lowest BCUT2D eigenvalue weighted by molar-refractivity contribution is -0.0791. The van der Waals surface area contributed by atoms with Gasteiger partial charge < -0.3 is 10.1 Å². The van der Waals surface area contributed by atoms with E-state index in [-0.39, 0.29) is 11.6 Å². The van der Waals surface area contributed by atoms with E-state index in [0.29, 0.717) is 0 Å². The van der Waals surface area contributed by atoms with E-state index in [1.54, 1.807) is 0 Å². The van der Waals surface area contributed by atoms with Crippen molar-refractivity contribution in [2.24, 2.45) is 5.92 Å². The van der Waals surface area contributed by atoms with Crippen LogP contribution < -0.4 is 5.32 Å². The molecule has 118 valence electrons. The third-order valence-corrected chi connectivity index (χ3v) is 5.41. The maximum absolute atomic E-state index is 6.12. The highest BCUT2D eigenvalue weighted by molar-refractivity contribution is 5.39. The summed E-state index contributed by atoms with van der Waals surface area (Å²) in [5, 5.41) is 3.56. The average molecular weight is 289 g/mol. The zero-order valence-corrected chi connectivity index (χ0v) is 14.5. The molecule has 1 aromatic carbocycles. The molecule has 0 aromatic heterocycles. The Labute approximate surface area is 130 Å². The number of likely N-dealkylation sites (N-methyl/N-ethyl adjacent to an activating group) is 1. The highest BCUT2D eigenvalue weighted by Crippen LogP contribution is 2.44. The standard InChI is InChI=1S/C19H31NO/c1-13-8-7-9-19(12-13,21-6)18(20-5)17-11-15(3)14(2)10-16(17)4/h10-11,13,18,20H,7-9,12H2,1-6H3. The second-order valence-electron chi connectivity index (χ2n) is 6.99. The normalized spacial score (nSPS) is 27.6. The van der Waals surface area contributed by atoms with E-state index < -0.39 is 0 Å². The first-order chi connectivity index (χ1) is 9.93. The summed E-state index contributed by atoms with van der Waals surface area (Å²) >= 11 is 0. The minimum Gasteiger partial charge on any atom is -0.376 e. The second-order valence-corrected chi connectivity index (χ2v) is 6.99. The lowest BCUT2D eigenvalue weighted by Crippen LogP contribution is -2.47. The minimum atomic E-state index is -0.0706. The van der Waals surface area contributed by atoms with E-state index in [2.05, 4.69) is 52.2 Å². The van der Waals surface area contributed by atoms with Gasteiger partial charge in [0.1, 0.15) is 0 Å². The quantitative estimate of drug-likeness (QED) is 0.883. The number of rotatable bonds is 4. The van der Waals surface area contributed by atoms with Crippen LogP contribution in [0.4, 0.5) is 0 Å². The van der Waals surface area contributed by atoms with E-state index in [1.165, 1.54) is 35.1 Å². The number of hydrogen-bond acceptors (Lipinski definition) is 2. The molecular formula is C19H31NO. The van der Waals surface area contributed by atoms with Gasteiger partial charge in [0, 0.05) is 7.11 Å². The Bertz CT molecular complexity index is 497. The molecule has 0 amide bonds. The van der Waals surface area contributed by atoms with E-state index >= 15 is 0 Å².